The molecule has 1 aromatic heterocycles. The molecule has 2 heterocycles. The molecule has 4 nitrogen and oxygen atoms in total. The minimum Gasteiger partial charge on any atom is -0.353 e. The molecule has 0 aliphatic carbocycles. The first-order valence-electron chi connectivity index (χ1n) is 6.49. The maximum atomic E-state index is 13.8. The molecule has 0 radical (unpaired) electrons. The molecule has 1 aliphatic rings. The number of halogens is 2. The second-order valence-corrected chi connectivity index (χ2v) is 5.55. The van der Waals surface area contributed by atoms with E-state index < -0.39 is 0 Å². The molecule has 3 rings (SSSR count). The van der Waals surface area contributed by atoms with Crippen LogP contribution in [0.1, 0.15) is 0 Å². The Labute approximate surface area is 125 Å². The van der Waals surface area contributed by atoms with E-state index in [1.54, 1.807) is 12.1 Å². The van der Waals surface area contributed by atoms with Gasteiger partial charge in [-0.2, -0.15) is 0 Å². The van der Waals surface area contributed by atoms with E-state index in [-0.39, 0.29) is 5.82 Å². The molecule has 20 heavy (non-hydrogen) atoms. The molecule has 0 spiro atoms. The second kappa shape index (κ2) is 5.85. The molecule has 0 unspecified atom stereocenters. The minimum absolute atomic E-state index is 0.294. The summed E-state index contributed by atoms with van der Waals surface area (Å²) in [7, 11) is 0. The fraction of sp³-hybridized carbons (Fsp3) is 0.286. The van der Waals surface area contributed by atoms with Crippen LogP contribution >= 0.6 is 15.9 Å². The summed E-state index contributed by atoms with van der Waals surface area (Å²) in [6, 6.07) is 8.51. The third-order valence-corrected chi connectivity index (χ3v) is 3.79. The van der Waals surface area contributed by atoms with Crippen molar-refractivity contribution < 1.29 is 4.39 Å². The van der Waals surface area contributed by atoms with Gasteiger partial charge >= 0.3 is 0 Å². The fourth-order valence-electron chi connectivity index (χ4n) is 2.23. The number of rotatable bonds is 2. The lowest BCUT2D eigenvalue weighted by Gasteiger charge is -2.27. The molecule has 104 valence electrons. The Morgan fingerprint density at radius 3 is 2.60 bits per heavy atom. The summed E-state index contributed by atoms with van der Waals surface area (Å²) in [6.45, 7) is 3.73. The van der Waals surface area contributed by atoms with Gasteiger partial charge in [0.2, 0.25) is 0 Å². The number of hydrogen-bond acceptors (Lipinski definition) is 4. The second-order valence-electron chi connectivity index (χ2n) is 4.64. The Morgan fingerprint density at radius 2 is 1.90 bits per heavy atom. The highest BCUT2D eigenvalue weighted by molar-refractivity contribution is 9.10. The van der Waals surface area contributed by atoms with Gasteiger partial charge in [0.25, 0.3) is 0 Å². The highest BCUT2D eigenvalue weighted by Gasteiger charge is 2.13. The molecular weight excluding hydrogens is 323 g/mol. The standard InChI is InChI=1S/C14H14BrFN4/c15-10-1-2-12(16)11(9-10)13-3-4-14(19-18-13)20-7-5-17-6-8-20/h1-4,9,17H,5-8H2. The van der Waals surface area contributed by atoms with Crippen molar-refractivity contribution in [2.75, 3.05) is 31.1 Å². The molecule has 6 heteroatoms. The summed E-state index contributed by atoms with van der Waals surface area (Å²) in [5.41, 5.74) is 1.00. The van der Waals surface area contributed by atoms with Crippen LogP contribution in [0.5, 0.6) is 0 Å². The van der Waals surface area contributed by atoms with Gasteiger partial charge in [0.1, 0.15) is 5.82 Å². The van der Waals surface area contributed by atoms with E-state index in [1.165, 1.54) is 6.07 Å². The number of aromatic nitrogens is 2. The average Bonchev–Trinajstić information content (AvgIpc) is 2.51. The SMILES string of the molecule is Fc1ccc(Br)cc1-c1ccc(N2CCNCC2)nn1. The van der Waals surface area contributed by atoms with Gasteiger partial charge < -0.3 is 10.2 Å². The zero-order chi connectivity index (χ0) is 13.9. The van der Waals surface area contributed by atoms with Crippen LogP contribution in [-0.4, -0.2) is 36.4 Å². The maximum Gasteiger partial charge on any atom is 0.151 e. The number of benzene rings is 1. The topological polar surface area (TPSA) is 41.0 Å². The van der Waals surface area contributed by atoms with Crippen molar-refractivity contribution >= 4 is 21.7 Å². The van der Waals surface area contributed by atoms with Crippen LogP contribution in [0.25, 0.3) is 11.3 Å². The van der Waals surface area contributed by atoms with Crippen LogP contribution in [-0.2, 0) is 0 Å². The molecule has 1 fully saturated rings. The highest BCUT2D eigenvalue weighted by atomic mass is 79.9. The van der Waals surface area contributed by atoms with Gasteiger partial charge in [0, 0.05) is 36.2 Å². The van der Waals surface area contributed by atoms with E-state index >= 15 is 0 Å². The molecular formula is C14H14BrFN4. The lowest BCUT2D eigenvalue weighted by atomic mass is 10.1. The van der Waals surface area contributed by atoms with E-state index in [9.17, 15) is 4.39 Å². The van der Waals surface area contributed by atoms with E-state index in [0.717, 1.165) is 36.5 Å². The van der Waals surface area contributed by atoms with Gasteiger partial charge in [0.15, 0.2) is 5.82 Å². The van der Waals surface area contributed by atoms with Gasteiger partial charge in [-0.25, -0.2) is 4.39 Å². The molecule has 1 aromatic carbocycles. The van der Waals surface area contributed by atoms with Gasteiger partial charge in [-0.1, -0.05) is 15.9 Å². The molecule has 1 saturated heterocycles. The summed E-state index contributed by atoms with van der Waals surface area (Å²) in [5, 5.41) is 11.7. The molecule has 1 aliphatic heterocycles. The average molecular weight is 337 g/mol. The van der Waals surface area contributed by atoms with Crippen molar-refractivity contribution in [2.24, 2.45) is 0 Å². The van der Waals surface area contributed by atoms with Crippen LogP contribution in [0.3, 0.4) is 0 Å². The van der Waals surface area contributed by atoms with Crippen molar-refractivity contribution in [1.29, 1.82) is 0 Å². The van der Waals surface area contributed by atoms with Crippen molar-refractivity contribution in [3.05, 3.63) is 40.6 Å². The minimum atomic E-state index is -0.294. The number of anilines is 1. The van der Waals surface area contributed by atoms with Crippen LogP contribution in [0, 0.1) is 5.82 Å². The molecule has 0 atom stereocenters. The van der Waals surface area contributed by atoms with Gasteiger partial charge in [-0.15, -0.1) is 10.2 Å². The van der Waals surface area contributed by atoms with E-state index in [1.807, 2.05) is 12.1 Å². The molecule has 0 amide bonds. The van der Waals surface area contributed by atoms with Crippen LogP contribution in [0.2, 0.25) is 0 Å². The fourth-order valence-corrected chi connectivity index (χ4v) is 2.59. The Kier molecular flexibility index (Phi) is 3.93. The Balaban J connectivity index is 1.87. The first-order valence-corrected chi connectivity index (χ1v) is 7.28. The summed E-state index contributed by atoms with van der Waals surface area (Å²) in [5.74, 6) is 0.545. The largest absolute Gasteiger partial charge is 0.353 e. The lowest BCUT2D eigenvalue weighted by molar-refractivity contribution is 0.582. The van der Waals surface area contributed by atoms with Crippen molar-refractivity contribution in [1.82, 2.24) is 15.5 Å². The lowest BCUT2D eigenvalue weighted by Crippen LogP contribution is -2.43. The van der Waals surface area contributed by atoms with Crippen molar-refractivity contribution in [3.8, 4) is 11.3 Å². The van der Waals surface area contributed by atoms with Crippen LogP contribution < -0.4 is 10.2 Å². The number of hydrogen-bond donors (Lipinski definition) is 1. The summed E-state index contributed by atoms with van der Waals surface area (Å²) in [4.78, 5) is 2.17. The smallest absolute Gasteiger partial charge is 0.151 e. The molecule has 0 saturated carbocycles. The Morgan fingerprint density at radius 1 is 1.10 bits per heavy atom. The third kappa shape index (κ3) is 2.81. The van der Waals surface area contributed by atoms with E-state index in [0.29, 0.717) is 11.3 Å². The molecule has 2 aromatic rings. The normalized spacial score (nSPS) is 15.4. The zero-order valence-corrected chi connectivity index (χ0v) is 12.4. The predicted molar refractivity (Wildman–Crippen MR) is 80.2 cm³/mol. The van der Waals surface area contributed by atoms with E-state index in [2.05, 4.69) is 36.3 Å². The van der Waals surface area contributed by atoms with Crippen LogP contribution in [0.15, 0.2) is 34.8 Å². The highest BCUT2D eigenvalue weighted by Crippen LogP contribution is 2.25. The van der Waals surface area contributed by atoms with Crippen LogP contribution in [0.4, 0.5) is 10.2 Å². The molecule has 1 N–H and O–H groups in total. The number of nitrogens with zero attached hydrogens (tertiary/aromatic N) is 3. The number of piperazine rings is 1. The summed E-state index contributed by atoms with van der Waals surface area (Å²) < 4.78 is 14.6. The van der Waals surface area contributed by atoms with E-state index in [4.69, 9.17) is 0 Å². The van der Waals surface area contributed by atoms with Gasteiger partial charge in [0.05, 0.1) is 5.69 Å². The number of nitrogens with one attached hydrogen (secondary N) is 1. The first-order chi connectivity index (χ1) is 9.74. The van der Waals surface area contributed by atoms with Crippen molar-refractivity contribution in [3.63, 3.8) is 0 Å². The Hall–Kier alpha value is -1.53. The zero-order valence-electron chi connectivity index (χ0n) is 10.8. The first kappa shape index (κ1) is 13.5. The molecule has 0 bridgehead atoms. The third-order valence-electron chi connectivity index (χ3n) is 3.30. The maximum absolute atomic E-state index is 13.8. The summed E-state index contributed by atoms with van der Waals surface area (Å²) in [6.07, 6.45) is 0. The van der Waals surface area contributed by atoms with Crippen molar-refractivity contribution in [2.45, 2.75) is 0 Å². The predicted octanol–water partition coefficient (Wildman–Crippen LogP) is 2.45. The quantitative estimate of drug-likeness (QED) is 0.914. The monoisotopic (exact) mass is 336 g/mol. The summed E-state index contributed by atoms with van der Waals surface area (Å²) >= 11 is 3.34. The van der Waals surface area contributed by atoms with Gasteiger partial charge in [-0.05, 0) is 30.3 Å². The van der Waals surface area contributed by atoms with Gasteiger partial charge in [-0.3, -0.25) is 0 Å². The Bertz CT molecular complexity index is 597.